The van der Waals surface area contributed by atoms with Gasteiger partial charge in [0, 0.05) is 18.8 Å². The van der Waals surface area contributed by atoms with Gasteiger partial charge in [0.25, 0.3) is 5.91 Å². The van der Waals surface area contributed by atoms with Crippen LogP contribution in [0.3, 0.4) is 0 Å². The van der Waals surface area contributed by atoms with E-state index in [-0.39, 0.29) is 10.8 Å². The van der Waals surface area contributed by atoms with E-state index < -0.39 is 10.0 Å². The van der Waals surface area contributed by atoms with Gasteiger partial charge in [-0.1, -0.05) is 6.42 Å². The molecular formula is C20H32N3O4S+. The van der Waals surface area contributed by atoms with Gasteiger partial charge in [-0.15, -0.1) is 0 Å². The predicted molar refractivity (Wildman–Crippen MR) is 108 cm³/mol. The van der Waals surface area contributed by atoms with Crippen molar-refractivity contribution in [2.45, 2.75) is 56.4 Å². The van der Waals surface area contributed by atoms with E-state index in [1.807, 2.05) is 0 Å². The highest BCUT2D eigenvalue weighted by atomic mass is 32.2. The number of hydrogen-bond donors (Lipinski definition) is 2. The van der Waals surface area contributed by atoms with E-state index in [9.17, 15) is 13.2 Å². The number of ether oxygens (including phenoxy) is 1. The van der Waals surface area contributed by atoms with Crippen LogP contribution >= 0.6 is 0 Å². The Morgan fingerprint density at radius 2 is 1.96 bits per heavy atom. The number of piperidine rings is 2. The first-order valence-corrected chi connectivity index (χ1v) is 11.7. The summed E-state index contributed by atoms with van der Waals surface area (Å²) in [5, 5.41) is 2.88. The quantitative estimate of drug-likeness (QED) is 0.740. The van der Waals surface area contributed by atoms with Crippen molar-refractivity contribution in [1.82, 2.24) is 4.31 Å². The van der Waals surface area contributed by atoms with E-state index >= 15 is 0 Å². The SMILES string of the molecule is COc1ccc(NC(=O)C[NH+]2CCCC[C@@H]2C)cc1S(=O)(=O)N1CCCCC1. The molecule has 2 aliphatic rings. The van der Waals surface area contributed by atoms with E-state index in [2.05, 4.69) is 12.2 Å². The monoisotopic (exact) mass is 410 g/mol. The molecule has 0 aliphatic carbocycles. The summed E-state index contributed by atoms with van der Waals surface area (Å²) in [7, 11) is -2.19. The Hall–Kier alpha value is -1.64. The Bertz CT molecular complexity index is 791. The molecule has 2 fully saturated rings. The lowest BCUT2D eigenvalue weighted by atomic mass is 10.0. The minimum atomic E-state index is -3.65. The summed E-state index contributed by atoms with van der Waals surface area (Å²) in [5.74, 6) is 0.217. The van der Waals surface area contributed by atoms with Gasteiger partial charge < -0.3 is 15.0 Å². The summed E-state index contributed by atoms with van der Waals surface area (Å²) < 4.78 is 33.0. The van der Waals surface area contributed by atoms with Crippen LogP contribution in [0.5, 0.6) is 5.75 Å². The van der Waals surface area contributed by atoms with E-state index in [4.69, 9.17) is 4.74 Å². The van der Waals surface area contributed by atoms with Gasteiger partial charge in [0.1, 0.15) is 10.6 Å². The van der Waals surface area contributed by atoms with Gasteiger partial charge in [0.15, 0.2) is 6.54 Å². The van der Waals surface area contributed by atoms with Gasteiger partial charge in [-0.3, -0.25) is 4.79 Å². The molecule has 1 amide bonds. The predicted octanol–water partition coefficient (Wildman–Crippen LogP) is 1.27. The summed E-state index contributed by atoms with van der Waals surface area (Å²) in [6, 6.07) is 5.31. The average molecular weight is 411 g/mol. The molecule has 1 aromatic carbocycles. The Balaban J connectivity index is 1.75. The fourth-order valence-corrected chi connectivity index (χ4v) is 5.83. The molecule has 2 saturated heterocycles. The van der Waals surface area contributed by atoms with Gasteiger partial charge in [-0.05, 0) is 57.2 Å². The number of amides is 1. The maximum Gasteiger partial charge on any atom is 0.279 e. The zero-order valence-electron chi connectivity index (χ0n) is 16.9. The summed E-state index contributed by atoms with van der Waals surface area (Å²) in [6.07, 6.45) is 6.31. The molecule has 0 radical (unpaired) electrons. The Kier molecular flexibility index (Phi) is 6.95. The van der Waals surface area contributed by atoms with Gasteiger partial charge >= 0.3 is 0 Å². The average Bonchev–Trinajstić information content (AvgIpc) is 2.70. The van der Waals surface area contributed by atoms with Crippen molar-refractivity contribution in [1.29, 1.82) is 0 Å². The lowest BCUT2D eigenvalue weighted by Crippen LogP contribution is -3.17. The van der Waals surface area contributed by atoms with Gasteiger partial charge in [-0.25, -0.2) is 8.42 Å². The number of carbonyl (C=O) groups is 1. The molecule has 2 atom stereocenters. The Labute approximate surface area is 168 Å². The first-order chi connectivity index (χ1) is 13.4. The number of rotatable bonds is 6. The smallest absolute Gasteiger partial charge is 0.279 e. The number of sulfonamides is 1. The van der Waals surface area contributed by atoms with Crippen molar-refractivity contribution < 1.29 is 22.8 Å². The molecule has 1 aromatic rings. The topological polar surface area (TPSA) is 80.1 Å². The number of likely N-dealkylation sites (tertiary alicyclic amines) is 1. The summed E-state index contributed by atoms with van der Waals surface area (Å²) in [4.78, 5) is 13.9. The molecule has 2 N–H and O–H groups in total. The minimum absolute atomic E-state index is 0.0877. The second kappa shape index (κ2) is 9.24. The van der Waals surface area contributed by atoms with Crippen LogP contribution < -0.4 is 15.0 Å². The van der Waals surface area contributed by atoms with Crippen LogP contribution in [0.4, 0.5) is 5.69 Å². The number of anilines is 1. The third-order valence-electron chi connectivity index (χ3n) is 5.85. The molecular weight excluding hydrogens is 378 g/mol. The van der Waals surface area contributed by atoms with Crippen molar-refractivity contribution >= 4 is 21.6 Å². The fourth-order valence-electron chi connectivity index (χ4n) is 4.13. The highest BCUT2D eigenvalue weighted by Gasteiger charge is 2.30. The number of nitrogens with zero attached hydrogens (tertiary/aromatic N) is 1. The van der Waals surface area contributed by atoms with Crippen LogP contribution in [0.1, 0.15) is 45.4 Å². The van der Waals surface area contributed by atoms with Gasteiger partial charge in [0.05, 0.1) is 19.7 Å². The standard InChI is InChI=1S/C20H31N3O4S/c1-16-8-4-7-11-22(16)15-20(24)21-17-9-10-18(27-2)19(14-17)28(25,26)23-12-5-3-6-13-23/h9-10,14,16H,3-8,11-13,15H2,1-2H3,(H,21,24)/p+1/t16-/m0/s1. The molecule has 0 spiro atoms. The highest BCUT2D eigenvalue weighted by Crippen LogP contribution is 2.31. The second-order valence-corrected chi connectivity index (χ2v) is 9.77. The lowest BCUT2D eigenvalue weighted by Gasteiger charge is -2.29. The molecule has 1 unspecified atom stereocenters. The summed E-state index contributed by atoms with van der Waals surface area (Å²) in [5.41, 5.74) is 0.491. The molecule has 0 saturated carbocycles. The summed E-state index contributed by atoms with van der Waals surface area (Å²) in [6.45, 7) is 4.64. The van der Waals surface area contributed by atoms with Crippen LogP contribution in [0.2, 0.25) is 0 Å². The molecule has 8 heteroatoms. The maximum absolute atomic E-state index is 13.1. The number of quaternary nitrogens is 1. The number of hydrogen-bond acceptors (Lipinski definition) is 4. The lowest BCUT2D eigenvalue weighted by molar-refractivity contribution is -0.920. The first kappa shape index (κ1) is 21.1. The van der Waals surface area contributed by atoms with Crippen molar-refractivity contribution in [3.8, 4) is 5.75 Å². The van der Waals surface area contributed by atoms with E-state index in [1.54, 1.807) is 12.1 Å². The number of methoxy groups -OCH3 is 1. The number of nitrogens with one attached hydrogen (secondary N) is 2. The molecule has 0 bridgehead atoms. The third kappa shape index (κ3) is 4.85. The van der Waals surface area contributed by atoms with Crippen molar-refractivity contribution in [3.63, 3.8) is 0 Å². The molecule has 3 rings (SSSR count). The Morgan fingerprint density at radius 1 is 1.21 bits per heavy atom. The fraction of sp³-hybridized carbons (Fsp3) is 0.650. The van der Waals surface area contributed by atoms with E-state index in [1.165, 1.54) is 28.8 Å². The van der Waals surface area contributed by atoms with Crippen molar-refractivity contribution in [2.75, 3.05) is 38.6 Å². The van der Waals surface area contributed by atoms with E-state index in [0.717, 1.165) is 38.6 Å². The zero-order valence-corrected chi connectivity index (χ0v) is 17.7. The number of benzene rings is 1. The van der Waals surface area contributed by atoms with Crippen LogP contribution in [0, 0.1) is 0 Å². The highest BCUT2D eigenvalue weighted by molar-refractivity contribution is 7.89. The van der Waals surface area contributed by atoms with Crippen LogP contribution in [-0.4, -0.2) is 58.0 Å². The molecule has 156 valence electrons. The maximum atomic E-state index is 13.1. The van der Waals surface area contributed by atoms with Crippen molar-refractivity contribution in [3.05, 3.63) is 18.2 Å². The molecule has 2 aliphatic heterocycles. The number of carbonyl (C=O) groups excluding carboxylic acids is 1. The minimum Gasteiger partial charge on any atom is -0.495 e. The van der Waals surface area contributed by atoms with Crippen molar-refractivity contribution in [2.24, 2.45) is 0 Å². The third-order valence-corrected chi connectivity index (χ3v) is 7.77. The molecule has 28 heavy (non-hydrogen) atoms. The van der Waals surface area contributed by atoms with Crippen LogP contribution in [0.25, 0.3) is 0 Å². The zero-order chi connectivity index (χ0) is 20.1. The van der Waals surface area contributed by atoms with Crippen LogP contribution in [0.15, 0.2) is 23.1 Å². The largest absolute Gasteiger partial charge is 0.495 e. The van der Waals surface area contributed by atoms with E-state index in [0.29, 0.717) is 37.1 Å². The van der Waals surface area contributed by atoms with Gasteiger partial charge in [-0.2, -0.15) is 4.31 Å². The second-order valence-electron chi connectivity index (χ2n) is 7.86. The molecule has 2 heterocycles. The normalized spacial score (nSPS) is 23.9. The molecule has 7 nitrogen and oxygen atoms in total. The molecule has 0 aromatic heterocycles. The first-order valence-electron chi connectivity index (χ1n) is 10.2. The van der Waals surface area contributed by atoms with Crippen LogP contribution in [-0.2, 0) is 14.8 Å². The summed E-state index contributed by atoms with van der Waals surface area (Å²) >= 11 is 0. The Morgan fingerprint density at radius 3 is 2.64 bits per heavy atom. The van der Waals surface area contributed by atoms with Gasteiger partial charge in [0.2, 0.25) is 10.0 Å².